The lowest BCUT2D eigenvalue weighted by Crippen LogP contribution is -2.32. The normalized spacial score (nSPS) is 16.2. The van der Waals surface area contributed by atoms with E-state index >= 15 is 0 Å². The van der Waals surface area contributed by atoms with E-state index in [0.29, 0.717) is 0 Å². The van der Waals surface area contributed by atoms with Crippen LogP contribution >= 0.6 is 0 Å². The Morgan fingerprint density at radius 3 is 2.15 bits per heavy atom. The smallest absolute Gasteiger partial charge is 0.341 e. The van der Waals surface area contributed by atoms with E-state index in [0.717, 1.165) is 18.2 Å². The van der Waals surface area contributed by atoms with E-state index in [1.807, 2.05) is 0 Å². The van der Waals surface area contributed by atoms with Gasteiger partial charge in [-0.1, -0.05) is 0 Å². The summed E-state index contributed by atoms with van der Waals surface area (Å²) in [6.45, 7) is -0.514. The highest BCUT2D eigenvalue weighted by Crippen LogP contribution is 2.23. The molecule has 2 bridgehead atoms. The van der Waals surface area contributed by atoms with Crippen LogP contribution in [0.5, 0.6) is 5.75 Å². The molecule has 2 aromatic rings. The quantitative estimate of drug-likeness (QED) is 0.770. The molecule has 0 amide bonds. The molecule has 0 saturated heterocycles. The Morgan fingerprint density at radius 1 is 0.926 bits per heavy atom. The number of esters is 2. The second-order valence-electron chi connectivity index (χ2n) is 5.45. The van der Waals surface area contributed by atoms with Gasteiger partial charge in [-0.25, -0.2) is 19.2 Å². The van der Waals surface area contributed by atoms with Crippen molar-refractivity contribution in [1.29, 1.82) is 0 Å². The fourth-order valence-corrected chi connectivity index (χ4v) is 2.32. The van der Waals surface area contributed by atoms with Crippen LogP contribution in [0, 0.1) is 0 Å². The minimum absolute atomic E-state index is 0.153. The minimum Gasteiger partial charge on any atom is -0.478 e. The average Bonchev–Trinajstić information content (AvgIpc) is 2.65. The van der Waals surface area contributed by atoms with Crippen LogP contribution in [0.1, 0.15) is 41.4 Å². The van der Waals surface area contributed by atoms with Crippen LogP contribution in [0.15, 0.2) is 42.5 Å². The zero-order valence-corrected chi connectivity index (χ0v) is 13.6. The Morgan fingerprint density at radius 2 is 1.56 bits per heavy atom. The third-order valence-corrected chi connectivity index (χ3v) is 3.66. The Kier molecular flexibility index (Phi) is 4.75. The van der Waals surface area contributed by atoms with E-state index in [-0.39, 0.29) is 28.0 Å². The van der Waals surface area contributed by atoms with Crippen LogP contribution in [0.2, 0.25) is 0 Å². The summed E-state index contributed by atoms with van der Waals surface area (Å²) in [6.07, 6.45) is -1.47. The van der Waals surface area contributed by atoms with Gasteiger partial charge in [0.25, 0.3) is 6.29 Å². The molecule has 138 valence electrons. The highest BCUT2D eigenvalue weighted by Gasteiger charge is 2.25. The Labute approximate surface area is 151 Å². The third kappa shape index (κ3) is 3.87. The largest absolute Gasteiger partial charge is 0.478 e. The molecule has 2 aromatic carbocycles. The van der Waals surface area contributed by atoms with Gasteiger partial charge in [0.15, 0.2) is 6.61 Å². The van der Waals surface area contributed by atoms with Gasteiger partial charge in [0, 0.05) is 0 Å². The molecule has 0 spiro atoms. The first-order valence-electron chi connectivity index (χ1n) is 7.60. The Balaban J connectivity index is 1.92. The number of benzene rings is 2. The highest BCUT2D eigenvalue weighted by atomic mass is 16.7. The molecule has 0 saturated carbocycles. The second-order valence-corrected chi connectivity index (χ2v) is 5.45. The van der Waals surface area contributed by atoms with Gasteiger partial charge in [-0.15, -0.1) is 0 Å². The lowest BCUT2D eigenvalue weighted by Gasteiger charge is -2.21. The molecule has 27 heavy (non-hydrogen) atoms. The SMILES string of the molecule is O=C(O)c1ccc(C(=O)O)c(OC2COC(=O)c3ccc(cc3)C(=O)O2)c1. The van der Waals surface area contributed by atoms with Crippen molar-refractivity contribution >= 4 is 23.9 Å². The highest BCUT2D eigenvalue weighted by molar-refractivity contribution is 5.95. The van der Waals surface area contributed by atoms with Gasteiger partial charge in [0.05, 0.1) is 16.7 Å². The molecule has 2 aliphatic heterocycles. The number of aromatic carboxylic acids is 2. The van der Waals surface area contributed by atoms with Gasteiger partial charge in [-0.3, -0.25) is 0 Å². The number of rotatable bonds is 4. The van der Waals surface area contributed by atoms with Gasteiger partial charge < -0.3 is 24.4 Å². The monoisotopic (exact) mass is 372 g/mol. The fraction of sp³-hybridized carbons (Fsp3) is 0.111. The molecular weight excluding hydrogens is 360 g/mol. The van der Waals surface area contributed by atoms with Crippen LogP contribution in [-0.2, 0) is 9.47 Å². The number of carbonyl (C=O) groups excluding carboxylic acids is 2. The molecule has 0 aromatic heterocycles. The third-order valence-electron chi connectivity index (χ3n) is 3.66. The second kappa shape index (κ2) is 7.16. The van der Waals surface area contributed by atoms with E-state index in [4.69, 9.17) is 19.3 Å². The number of carboxylic acid groups (broad SMARTS) is 2. The summed E-state index contributed by atoms with van der Waals surface area (Å²) >= 11 is 0. The molecule has 0 aliphatic carbocycles. The van der Waals surface area contributed by atoms with Gasteiger partial charge in [-0.05, 0) is 42.5 Å². The van der Waals surface area contributed by atoms with Gasteiger partial charge in [0.2, 0.25) is 0 Å². The lowest BCUT2D eigenvalue weighted by molar-refractivity contribution is -0.0803. The zero-order valence-electron chi connectivity index (χ0n) is 13.6. The first-order valence-corrected chi connectivity index (χ1v) is 7.60. The summed E-state index contributed by atoms with van der Waals surface area (Å²) in [7, 11) is 0. The van der Waals surface area contributed by atoms with E-state index < -0.39 is 36.8 Å². The van der Waals surface area contributed by atoms with E-state index in [1.54, 1.807) is 0 Å². The fourth-order valence-electron chi connectivity index (χ4n) is 2.32. The average molecular weight is 372 g/mol. The van der Waals surface area contributed by atoms with Crippen molar-refractivity contribution in [2.75, 3.05) is 6.61 Å². The lowest BCUT2D eigenvalue weighted by atomic mass is 10.1. The maximum Gasteiger partial charge on any atom is 0.341 e. The molecule has 0 fully saturated rings. The molecular formula is C18H12O9. The summed E-state index contributed by atoms with van der Waals surface area (Å²) in [5, 5.41) is 18.3. The molecule has 2 N–H and O–H groups in total. The zero-order chi connectivity index (χ0) is 19.6. The van der Waals surface area contributed by atoms with Gasteiger partial charge in [0.1, 0.15) is 11.3 Å². The summed E-state index contributed by atoms with van der Waals surface area (Å²) in [4.78, 5) is 46.6. The maximum absolute atomic E-state index is 12.2. The standard InChI is InChI=1S/C18H12O9/c19-15(20)11-5-6-12(16(21)22)13(7-11)26-14-8-25-17(23)9-1-3-10(4-2-9)18(24)27-14/h1-7,14H,8H2,(H,19,20)(H,21,22). The summed E-state index contributed by atoms with van der Waals surface area (Å²) in [5.41, 5.74) is -0.207. The van der Waals surface area contributed by atoms with Gasteiger partial charge >= 0.3 is 23.9 Å². The number of ether oxygens (including phenoxy) is 3. The Bertz CT molecular complexity index is 930. The number of fused-ring (bicyclic) bond motifs is 7. The maximum atomic E-state index is 12.2. The number of hydrogen-bond acceptors (Lipinski definition) is 7. The van der Waals surface area contributed by atoms with Crippen LogP contribution in [0.3, 0.4) is 0 Å². The predicted octanol–water partition coefficient (Wildman–Crippen LogP) is 1.82. The first kappa shape index (κ1) is 17.9. The molecule has 9 nitrogen and oxygen atoms in total. The van der Waals surface area contributed by atoms with E-state index in [2.05, 4.69) is 0 Å². The van der Waals surface area contributed by atoms with Gasteiger partial charge in [-0.2, -0.15) is 0 Å². The van der Waals surface area contributed by atoms with Crippen molar-refractivity contribution in [3.63, 3.8) is 0 Å². The minimum atomic E-state index is -1.47. The molecule has 4 rings (SSSR count). The van der Waals surface area contributed by atoms with E-state index in [9.17, 15) is 24.3 Å². The number of hydrogen-bond donors (Lipinski definition) is 2. The van der Waals surface area contributed by atoms with Crippen molar-refractivity contribution in [2.24, 2.45) is 0 Å². The predicted molar refractivity (Wildman–Crippen MR) is 86.9 cm³/mol. The first-order chi connectivity index (χ1) is 12.8. The van der Waals surface area contributed by atoms with Crippen molar-refractivity contribution in [3.8, 4) is 5.75 Å². The van der Waals surface area contributed by atoms with Crippen molar-refractivity contribution in [1.82, 2.24) is 0 Å². The molecule has 2 heterocycles. The van der Waals surface area contributed by atoms with Crippen LogP contribution in [-0.4, -0.2) is 47.0 Å². The molecule has 9 heteroatoms. The number of carboxylic acids is 2. The number of carbonyl (C=O) groups is 4. The van der Waals surface area contributed by atoms with Crippen molar-refractivity contribution < 1.29 is 43.6 Å². The summed E-state index contributed by atoms with van der Waals surface area (Å²) in [6, 6.07) is 8.67. The molecule has 1 atom stereocenters. The van der Waals surface area contributed by atoms with E-state index in [1.165, 1.54) is 24.3 Å². The van der Waals surface area contributed by atoms with Crippen LogP contribution in [0.25, 0.3) is 0 Å². The van der Waals surface area contributed by atoms with Crippen LogP contribution in [0.4, 0.5) is 0 Å². The Hall–Kier alpha value is -3.88. The van der Waals surface area contributed by atoms with Crippen LogP contribution < -0.4 is 4.74 Å². The summed E-state index contributed by atoms with van der Waals surface area (Å²) in [5.74, 6) is -4.49. The van der Waals surface area contributed by atoms with Crippen molar-refractivity contribution in [3.05, 3.63) is 64.7 Å². The molecule has 1 unspecified atom stereocenters. The topological polar surface area (TPSA) is 136 Å². The summed E-state index contributed by atoms with van der Waals surface area (Å²) < 4.78 is 15.5. The molecule has 0 radical (unpaired) electrons. The molecule has 2 aliphatic rings. The van der Waals surface area contributed by atoms with Crippen molar-refractivity contribution in [2.45, 2.75) is 6.29 Å².